The molecule has 0 bridgehead atoms. The first kappa shape index (κ1) is 24.1. The van der Waals surface area contributed by atoms with Crippen molar-refractivity contribution in [2.24, 2.45) is 0 Å². The van der Waals surface area contributed by atoms with Gasteiger partial charge in [0.1, 0.15) is 5.56 Å². The smallest absolute Gasteiger partial charge is 0.286 e. The Bertz CT molecular complexity index is 1380. The Morgan fingerprint density at radius 3 is 2.57 bits per heavy atom. The van der Waals surface area contributed by atoms with Crippen LogP contribution in [0, 0.1) is 10.1 Å². The van der Waals surface area contributed by atoms with Crippen LogP contribution in [0.5, 0.6) is 11.5 Å². The predicted molar refractivity (Wildman–Crippen MR) is 135 cm³/mol. The molecule has 2 N–H and O–H groups in total. The van der Waals surface area contributed by atoms with E-state index in [9.17, 15) is 14.9 Å². The number of para-hydroxylation sites is 1. The Morgan fingerprint density at radius 2 is 1.86 bits per heavy atom. The van der Waals surface area contributed by atoms with Crippen LogP contribution in [-0.4, -0.2) is 36.1 Å². The van der Waals surface area contributed by atoms with Gasteiger partial charge in [-0.15, -0.1) is 0 Å². The third kappa shape index (κ3) is 4.93. The molecule has 3 aromatic carbocycles. The molecule has 0 radical (unpaired) electrons. The molecule has 0 aliphatic carbocycles. The lowest BCUT2D eigenvalue weighted by Crippen LogP contribution is -2.29. The number of carbonyl (C=O) groups is 1. The van der Waals surface area contributed by atoms with Gasteiger partial charge in [0.15, 0.2) is 11.5 Å². The summed E-state index contributed by atoms with van der Waals surface area (Å²) in [6.45, 7) is 2.25. The van der Waals surface area contributed by atoms with E-state index < -0.39 is 10.8 Å². The highest BCUT2D eigenvalue weighted by Crippen LogP contribution is 2.36. The molecule has 0 fully saturated rings. The lowest BCUT2D eigenvalue weighted by Gasteiger charge is -2.20. The van der Waals surface area contributed by atoms with Gasteiger partial charge in [-0.1, -0.05) is 48.0 Å². The number of benzene rings is 3. The topological polar surface area (TPSA) is 106 Å². The second-order valence-corrected chi connectivity index (χ2v) is 8.19. The number of nitrogens with zero attached hydrogens (tertiary/aromatic N) is 1. The van der Waals surface area contributed by atoms with E-state index in [4.69, 9.17) is 21.1 Å². The molecular formula is C26H24ClN3O5. The van der Waals surface area contributed by atoms with Gasteiger partial charge in [0.05, 0.1) is 24.7 Å². The Labute approximate surface area is 207 Å². The fourth-order valence-corrected chi connectivity index (χ4v) is 4.39. The normalized spacial score (nSPS) is 11.7. The molecule has 180 valence electrons. The second kappa shape index (κ2) is 10.5. The van der Waals surface area contributed by atoms with E-state index in [2.05, 4.69) is 10.3 Å². The van der Waals surface area contributed by atoms with Crippen molar-refractivity contribution < 1.29 is 19.2 Å². The van der Waals surface area contributed by atoms with Crippen molar-refractivity contribution in [1.29, 1.82) is 0 Å². The number of ether oxygens (including phenoxy) is 2. The van der Waals surface area contributed by atoms with Crippen molar-refractivity contribution in [2.75, 3.05) is 20.3 Å². The van der Waals surface area contributed by atoms with Gasteiger partial charge in [-0.05, 0) is 30.2 Å². The number of H-pyrrole nitrogens is 1. The van der Waals surface area contributed by atoms with Gasteiger partial charge in [-0.2, -0.15) is 0 Å². The number of hydrogen-bond donors (Lipinski definition) is 2. The van der Waals surface area contributed by atoms with Crippen LogP contribution in [0.3, 0.4) is 0 Å². The summed E-state index contributed by atoms with van der Waals surface area (Å²) in [5, 5.41) is 16.1. The highest BCUT2D eigenvalue weighted by atomic mass is 35.5. The molecule has 1 aromatic heterocycles. The van der Waals surface area contributed by atoms with Gasteiger partial charge >= 0.3 is 0 Å². The number of carbonyl (C=O) groups excluding carboxylic acids is 1. The summed E-state index contributed by atoms with van der Waals surface area (Å²) < 4.78 is 10.7. The van der Waals surface area contributed by atoms with E-state index in [0.29, 0.717) is 11.6 Å². The SMILES string of the molecule is CCOc1cc(C(=O)NCC(c2ccccc2Cl)c2c[nH]c3ccccc23)c([N+](=O)[O-])cc1OC. The minimum atomic E-state index is -0.613. The number of aromatic nitrogens is 1. The van der Waals surface area contributed by atoms with Crippen LogP contribution in [0.15, 0.2) is 66.9 Å². The van der Waals surface area contributed by atoms with E-state index >= 15 is 0 Å². The van der Waals surface area contributed by atoms with Crippen LogP contribution in [0.1, 0.15) is 34.3 Å². The van der Waals surface area contributed by atoms with Gasteiger partial charge in [0, 0.05) is 40.7 Å². The van der Waals surface area contributed by atoms with Crippen LogP contribution in [0.25, 0.3) is 10.9 Å². The molecule has 0 saturated heterocycles. The van der Waals surface area contributed by atoms with Crippen molar-refractivity contribution >= 4 is 34.1 Å². The molecule has 0 spiro atoms. The molecule has 9 heteroatoms. The lowest BCUT2D eigenvalue weighted by atomic mass is 9.90. The Balaban J connectivity index is 1.71. The van der Waals surface area contributed by atoms with E-state index in [1.165, 1.54) is 19.2 Å². The van der Waals surface area contributed by atoms with E-state index in [1.54, 1.807) is 13.0 Å². The largest absolute Gasteiger partial charge is 0.493 e. The number of nitro groups is 1. The molecule has 1 heterocycles. The lowest BCUT2D eigenvalue weighted by molar-refractivity contribution is -0.385. The van der Waals surface area contributed by atoms with Gasteiger partial charge in [0.25, 0.3) is 11.6 Å². The predicted octanol–water partition coefficient (Wildman–Crippen LogP) is 5.70. The van der Waals surface area contributed by atoms with Gasteiger partial charge < -0.3 is 19.8 Å². The van der Waals surface area contributed by atoms with Gasteiger partial charge in [-0.25, -0.2) is 0 Å². The fraction of sp³-hybridized carbons (Fsp3) is 0.192. The number of nitrogens with one attached hydrogen (secondary N) is 2. The van der Waals surface area contributed by atoms with E-state index in [-0.39, 0.29) is 35.2 Å². The molecule has 1 amide bonds. The monoisotopic (exact) mass is 493 g/mol. The standard InChI is InChI=1S/C26H24ClN3O5/c1-3-35-25-12-18(23(30(32)33)13-24(25)34-2)26(31)29-15-19(16-8-4-6-10-21(16)27)20-14-28-22-11-7-5-9-17(20)22/h4-14,19,28H,3,15H2,1-2H3,(H,29,31). The molecule has 0 saturated carbocycles. The number of methoxy groups -OCH3 is 1. The van der Waals surface area contributed by atoms with Crippen LogP contribution in [0.2, 0.25) is 5.02 Å². The summed E-state index contributed by atoms with van der Waals surface area (Å²) in [7, 11) is 1.39. The second-order valence-electron chi connectivity index (χ2n) is 7.78. The summed E-state index contributed by atoms with van der Waals surface area (Å²) in [6.07, 6.45) is 1.90. The zero-order valence-corrected chi connectivity index (χ0v) is 20.0. The Morgan fingerprint density at radius 1 is 1.11 bits per heavy atom. The third-order valence-corrected chi connectivity index (χ3v) is 6.11. The molecule has 4 aromatic rings. The van der Waals surface area contributed by atoms with Crippen molar-refractivity contribution in [3.8, 4) is 11.5 Å². The number of fused-ring (bicyclic) bond motifs is 1. The molecule has 0 aliphatic heterocycles. The number of hydrogen-bond acceptors (Lipinski definition) is 5. The summed E-state index contributed by atoms with van der Waals surface area (Å²) in [6, 6.07) is 17.8. The number of nitro benzene ring substituents is 1. The van der Waals surface area contributed by atoms with Gasteiger partial charge in [0.2, 0.25) is 0 Å². The maximum Gasteiger partial charge on any atom is 0.286 e. The molecule has 8 nitrogen and oxygen atoms in total. The zero-order valence-electron chi connectivity index (χ0n) is 19.2. The minimum absolute atomic E-state index is 0.115. The van der Waals surface area contributed by atoms with E-state index in [1.807, 2.05) is 48.7 Å². The number of halogens is 1. The van der Waals surface area contributed by atoms with Crippen molar-refractivity contribution in [2.45, 2.75) is 12.8 Å². The van der Waals surface area contributed by atoms with Crippen molar-refractivity contribution in [1.82, 2.24) is 10.3 Å². The highest BCUT2D eigenvalue weighted by Gasteiger charge is 2.27. The maximum atomic E-state index is 13.2. The first-order chi connectivity index (χ1) is 16.9. The molecule has 0 aliphatic rings. The average molecular weight is 494 g/mol. The highest BCUT2D eigenvalue weighted by molar-refractivity contribution is 6.31. The molecule has 35 heavy (non-hydrogen) atoms. The summed E-state index contributed by atoms with van der Waals surface area (Å²) in [5.74, 6) is -0.461. The van der Waals surface area contributed by atoms with Crippen LogP contribution in [-0.2, 0) is 0 Å². The van der Waals surface area contributed by atoms with Crippen LogP contribution >= 0.6 is 11.6 Å². The fourth-order valence-electron chi connectivity index (χ4n) is 4.13. The Kier molecular flexibility index (Phi) is 7.22. The molecule has 1 atom stereocenters. The van der Waals surface area contributed by atoms with E-state index in [0.717, 1.165) is 22.0 Å². The van der Waals surface area contributed by atoms with Crippen LogP contribution < -0.4 is 14.8 Å². The molecular weight excluding hydrogens is 470 g/mol. The van der Waals surface area contributed by atoms with Crippen molar-refractivity contribution in [3.05, 3.63) is 98.7 Å². The molecule has 1 unspecified atom stereocenters. The minimum Gasteiger partial charge on any atom is -0.493 e. The average Bonchev–Trinajstić information content (AvgIpc) is 3.29. The summed E-state index contributed by atoms with van der Waals surface area (Å²) in [4.78, 5) is 27.6. The first-order valence-corrected chi connectivity index (χ1v) is 11.4. The Hall–Kier alpha value is -4.04. The number of aromatic amines is 1. The summed E-state index contributed by atoms with van der Waals surface area (Å²) in [5.41, 5.74) is 2.25. The van der Waals surface area contributed by atoms with Crippen molar-refractivity contribution in [3.63, 3.8) is 0 Å². The quantitative estimate of drug-likeness (QED) is 0.230. The van der Waals surface area contributed by atoms with Crippen LogP contribution in [0.4, 0.5) is 5.69 Å². The van der Waals surface area contributed by atoms with Gasteiger partial charge in [-0.3, -0.25) is 14.9 Å². The first-order valence-electron chi connectivity index (χ1n) is 11.0. The zero-order chi connectivity index (χ0) is 24.9. The maximum absolute atomic E-state index is 13.2. The number of rotatable bonds is 9. The third-order valence-electron chi connectivity index (χ3n) is 5.77. The number of amides is 1. The molecule has 4 rings (SSSR count). The summed E-state index contributed by atoms with van der Waals surface area (Å²) >= 11 is 6.53.